The van der Waals surface area contributed by atoms with Crippen molar-refractivity contribution in [1.29, 1.82) is 0 Å². The van der Waals surface area contributed by atoms with E-state index in [9.17, 15) is 9.70 Å². The predicted molar refractivity (Wildman–Crippen MR) is 54.9 cm³/mol. The molecular formula is C10H19NO3. The van der Waals surface area contributed by atoms with Crippen LogP contribution in [0.5, 0.6) is 0 Å². The Labute approximate surface area is 85.0 Å². The lowest BCUT2D eigenvalue weighted by Gasteiger charge is -2.08. The second-order valence-electron chi connectivity index (χ2n) is 3.70. The molecule has 0 aliphatic carbocycles. The van der Waals surface area contributed by atoms with Crippen LogP contribution in [0.3, 0.4) is 0 Å². The normalized spacial score (nSPS) is 12.6. The van der Waals surface area contributed by atoms with E-state index >= 15 is 0 Å². The third-order valence-electron chi connectivity index (χ3n) is 1.94. The Morgan fingerprint density at radius 2 is 2.00 bits per heavy atom. The van der Waals surface area contributed by atoms with Gasteiger partial charge in [0.2, 0.25) is 0 Å². The zero-order valence-corrected chi connectivity index (χ0v) is 9.16. The number of ether oxygens (including phenoxy) is 1. The van der Waals surface area contributed by atoms with Gasteiger partial charge in [0.15, 0.2) is 6.04 Å². The van der Waals surface area contributed by atoms with Crippen LogP contribution in [0.1, 0.15) is 40.0 Å². The van der Waals surface area contributed by atoms with Crippen molar-refractivity contribution >= 4 is 5.97 Å². The maximum Gasteiger partial charge on any atom is 0.334 e. The quantitative estimate of drug-likeness (QED) is 0.469. The van der Waals surface area contributed by atoms with Gasteiger partial charge in [0.25, 0.3) is 0 Å². The molecule has 4 nitrogen and oxygen atoms in total. The number of hydrogen-bond acceptors (Lipinski definition) is 4. The van der Waals surface area contributed by atoms with Crippen LogP contribution in [-0.2, 0) is 9.53 Å². The summed E-state index contributed by atoms with van der Waals surface area (Å²) in [5, 5.41) is 2.78. The third-order valence-corrected chi connectivity index (χ3v) is 1.94. The van der Waals surface area contributed by atoms with Crippen molar-refractivity contribution in [2.24, 2.45) is 11.1 Å². The first-order valence-corrected chi connectivity index (χ1v) is 5.10. The van der Waals surface area contributed by atoms with Gasteiger partial charge < -0.3 is 4.74 Å². The Bertz CT molecular complexity index is 180. The average Bonchev–Trinajstić information content (AvgIpc) is 2.12. The SMILES string of the molecule is CCOC(=O)C(CCCC(C)C)N=O. The van der Waals surface area contributed by atoms with Gasteiger partial charge in [-0.3, -0.25) is 0 Å². The molecule has 0 aliphatic heterocycles. The van der Waals surface area contributed by atoms with Gasteiger partial charge in [-0.15, -0.1) is 4.91 Å². The molecule has 4 heteroatoms. The van der Waals surface area contributed by atoms with Crippen molar-refractivity contribution in [3.63, 3.8) is 0 Å². The first-order chi connectivity index (χ1) is 6.61. The van der Waals surface area contributed by atoms with Crippen LogP contribution < -0.4 is 0 Å². The molecule has 82 valence electrons. The Balaban J connectivity index is 3.78. The lowest BCUT2D eigenvalue weighted by Crippen LogP contribution is -2.21. The van der Waals surface area contributed by atoms with Crippen LogP contribution in [0.2, 0.25) is 0 Å². The molecule has 0 fully saturated rings. The van der Waals surface area contributed by atoms with Gasteiger partial charge in [0.1, 0.15) is 0 Å². The zero-order valence-electron chi connectivity index (χ0n) is 9.16. The highest BCUT2D eigenvalue weighted by Crippen LogP contribution is 2.11. The number of rotatable bonds is 7. The molecule has 1 atom stereocenters. The van der Waals surface area contributed by atoms with E-state index in [0.29, 0.717) is 18.9 Å². The summed E-state index contributed by atoms with van der Waals surface area (Å²) in [6.45, 7) is 6.23. The summed E-state index contributed by atoms with van der Waals surface area (Å²) in [6, 6.07) is -0.811. The Morgan fingerprint density at radius 3 is 2.43 bits per heavy atom. The highest BCUT2D eigenvalue weighted by molar-refractivity contribution is 5.75. The maximum atomic E-state index is 11.1. The highest BCUT2D eigenvalue weighted by atomic mass is 16.5. The second kappa shape index (κ2) is 7.47. The smallest absolute Gasteiger partial charge is 0.334 e. The summed E-state index contributed by atoms with van der Waals surface area (Å²) in [5.74, 6) is 0.0933. The summed E-state index contributed by atoms with van der Waals surface area (Å²) < 4.78 is 4.72. The largest absolute Gasteiger partial charge is 0.464 e. The number of carbonyl (C=O) groups is 1. The fourth-order valence-electron chi connectivity index (χ4n) is 1.17. The first-order valence-electron chi connectivity index (χ1n) is 5.10. The number of hydrogen-bond donors (Lipinski definition) is 0. The van der Waals surface area contributed by atoms with Crippen molar-refractivity contribution in [2.75, 3.05) is 6.61 Å². The van der Waals surface area contributed by atoms with Gasteiger partial charge in [-0.2, -0.15) is 0 Å². The van der Waals surface area contributed by atoms with Crippen LogP contribution in [0.25, 0.3) is 0 Å². The summed E-state index contributed by atoms with van der Waals surface area (Å²) >= 11 is 0. The van der Waals surface area contributed by atoms with E-state index in [0.717, 1.165) is 12.8 Å². The van der Waals surface area contributed by atoms with Crippen molar-refractivity contribution in [3.8, 4) is 0 Å². The van der Waals surface area contributed by atoms with E-state index < -0.39 is 12.0 Å². The molecule has 14 heavy (non-hydrogen) atoms. The molecule has 0 N–H and O–H groups in total. The second-order valence-corrected chi connectivity index (χ2v) is 3.70. The molecule has 0 heterocycles. The minimum atomic E-state index is -0.811. The zero-order chi connectivity index (χ0) is 11.0. The standard InChI is InChI=1S/C10H19NO3/c1-4-14-10(12)9(11-13)7-5-6-8(2)3/h8-9H,4-7H2,1-3H3. The lowest BCUT2D eigenvalue weighted by molar-refractivity contribution is -0.144. The van der Waals surface area contributed by atoms with Crippen LogP contribution in [0.15, 0.2) is 5.18 Å². The topological polar surface area (TPSA) is 55.7 Å². The molecule has 1 unspecified atom stereocenters. The molecular weight excluding hydrogens is 182 g/mol. The maximum absolute atomic E-state index is 11.1. The van der Waals surface area contributed by atoms with Gasteiger partial charge in [-0.25, -0.2) is 4.79 Å². The summed E-state index contributed by atoms with van der Waals surface area (Å²) in [4.78, 5) is 21.5. The van der Waals surface area contributed by atoms with Crippen molar-refractivity contribution < 1.29 is 9.53 Å². The Kier molecular flexibility index (Phi) is 6.98. The van der Waals surface area contributed by atoms with Crippen LogP contribution >= 0.6 is 0 Å². The van der Waals surface area contributed by atoms with Crippen LogP contribution in [-0.4, -0.2) is 18.6 Å². The van der Waals surface area contributed by atoms with Crippen molar-refractivity contribution in [3.05, 3.63) is 4.91 Å². The van der Waals surface area contributed by atoms with E-state index in [1.165, 1.54) is 0 Å². The van der Waals surface area contributed by atoms with Gasteiger partial charge in [0.05, 0.1) is 6.61 Å². The fraction of sp³-hybridized carbons (Fsp3) is 0.900. The lowest BCUT2D eigenvalue weighted by atomic mass is 10.0. The minimum Gasteiger partial charge on any atom is -0.464 e. The molecule has 0 radical (unpaired) electrons. The number of nitroso groups, excluding NO2 is 1. The molecule has 0 saturated carbocycles. The summed E-state index contributed by atoms with van der Waals surface area (Å²) in [7, 11) is 0. The van der Waals surface area contributed by atoms with E-state index in [-0.39, 0.29) is 0 Å². The molecule has 0 aromatic rings. The van der Waals surface area contributed by atoms with E-state index in [2.05, 4.69) is 19.0 Å². The number of nitrogens with zero attached hydrogens (tertiary/aromatic N) is 1. The third kappa shape index (κ3) is 5.67. The van der Waals surface area contributed by atoms with Gasteiger partial charge in [0, 0.05) is 0 Å². The van der Waals surface area contributed by atoms with E-state index in [1.54, 1.807) is 6.92 Å². The monoisotopic (exact) mass is 201 g/mol. The van der Waals surface area contributed by atoms with E-state index in [1.807, 2.05) is 0 Å². The average molecular weight is 201 g/mol. The molecule has 0 saturated heterocycles. The molecule has 0 rings (SSSR count). The number of carbonyl (C=O) groups excluding carboxylic acids is 1. The summed E-state index contributed by atoms with van der Waals surface area (Å²) in [6.07, 6.45) is 2.35. The predicted octanol–water partition coefficient (Wildman–Crippen LogP) is 2.51. The van der Waals surface area contributed by atoms with Crippen molar-refractivity contribution in [1.82, 2.24) is 0 Å². The molecule has 0 amide bonds. The Hall–Kier alpha value is -0.930. The molecule has 0 spiro atoms. The van der Waals surface area contributed by atoms with Crippen LogP contribution in [0, 0.1) is 10.8 Å². The fourth-order valence-corrected chi connectivity index (χ4v) is 1.17. The molecule has 0 aliphatic rings. The van der Waals surface area contributed by atoms with Gasteiger partial charge in [-0.1, -0.05) is 31.9 Å². The van der Waals surface area contributed by atoms with Crippen molar-refractivity contribution in [2.45, 2.75) is 46.1 Å². The highest BCUT2D eigenvalue weighted by Gasteiger charge is 2.19. The van der Waals surface area contributed by atoms with Crippen LogP contribution in [0.4, 0.5) is 0 Å². The Morgan fingerprint density at radius 1 is 1.36 bits per heavy atom. The van der Waals surface area contributed by atoms with Gasteiger partial charge in [-0.05, 0) is 19.3 Å². The summed E-state index contributed by atoms with van der Waals surface area (Å²) in [5.41, 5.74) is 0. The molecule has 0 aromatic carbocycles. The molecule has 0 bridgehead atoms. The number of esters is 1. The first kappa shape index (κ1) is 13.1. The minimum absolute atomic E-state index is 0.301. The van der Waals surface area contributed by atoms with E-state index in [4.69, 9.17) is 4.74 Å². The molecule has 0 aromatic heterocycles. The van der Waals surface area contributed by atoms with Gasteiger partial charge >= 0.3 is 5.97 Å².